The number of hydrogen-bond acceptors (Lipinski definition) is 12. The van der Waals surface area contributed by atoms with Gasteiger partial charge in [-0.15, -0.1) is 0 Å². The van der Waals surface area contributed by atoms with Crippen LogP contribution in [0.25, 0.3) is 0 Å². The number of nitrogens with one attached hydrogen (secondary N) is 3. The Hall–Kier alpha value is -6.13. The van der Waals surface area contributed by atoms with Crippen molar-refractivity contribution in [1.29, 1.82) is 0 Å². The summed E-state index contributed by atoms with van der Waals surface area (Å²) < 4.78 is 40.1. The third-order valence-corrected chi connectivity index (χ3v) is 7.17. The van der Waals surface area contributed by atoms with Gasteiger partial charge in [0, 0.05) is 18.6 Å². The maximum atomic E-state index is 14.1. The van der Waals surface area contributed by atoms with Crippen molar-refractivity contribution in [2.45, 2.75) is 50.9 Å². The van der Waals surface area contributed by atoms with E-state index in [1.165, 1.54) is 63.8 Å². The van der Waals surface area contributed by atoms with Crippen molar-refractivity contribution in [3.63, 3.8) is 0 Å². The maximum Gasteiger partial charge on any atom is 0.408 e. The highest BCUT2D eigenvalue weighted by atomic mass is 19.1. The molecule has 0 fully saturated rings. The van der Waals surface area contributed by atoms with Crippen LogP contribution in [0.15, 0.2) is 54.6 Å². The molecule has 0 bridgehead atoms. The van der Waals surface area contributed by atoms with Crippen LogP contribution in [0, 0.1) is 15.9 Å². The minimum atomic E-state index is -1.62. The lowest BCUT2D eigenvalue weighted by Crippen LogP contribution is -2.52. The molecule has 3 aromatic rings. The van der Waals surface area contributed by atoms with Crippen molar-refractivity contribution in [2.75, 3.05) is 28.4 Å². The van der Waals surface area contributed by atoms with E-state index in [2.05, 4.69) is 16.0 Å². The topological polar surface area (TPSA) is 214 Å². The van der Waals surface area contributed by atoms with Gasteiger partial charge in [0.25, 0.3) is 0 Å². The summed E-state index contributed by atoms with van der Waals surface area (Å²) in [5.74, 6) is -3.77. The number of nitro groups is 1. The highest BCUT2D eigenvalue weighted by molar-refractivity contribution is 5.94. The first kappa shape index (κ1) is 39.3. The molecule has 0 radical (unpaired) electrons. The Morgan fingerprint density at radius 3 is 1.98 bits per heavy atom. The van der Waals surface area contributed by atoms with Crippen LogP contribution in [-0.4, -0.2) is 74.0 Å². The number of phenolic OH excluding ortho intramolecular Hbond substituents is 1. The predicted octanol–water partition coefficient (Wildman–Crippen LogP) is 3.79. The molecule has 3 atom stereocenters. The number of carbonyl (C=O) groups excluding carboxylic acids is 4. The molecule has 16 nitrogen and oxygen atoms in total. The summed E-state index contributed by atoms with van der Waals surface area (Å²) in [5.41, 5.74) is -1.55. The van der Waals surface area contributed by atoms with Gasteiger partial charge in [0.1, 0.15) is 29.2 Å². The quantitative estimate of drug-likeness (QED) is 0.107. The van der Waals surface area contributed by atoms with E-state index in [0.717, 1.165) is 19.2 Å². The second kappa shape index (κ2) is 17.0. The number of ether oxygens (including phenoxy) is 5. The number of rotatable bonds is 14. The van der Waals surface area contributed by atoms with E-state index in [4.69, 9.17) is 23.7 Å². The SMILES string of the molecule is COC(=O)[C@H](NC(=O)[C@@H](NC(=O)[C@@H](Cc1ccc(F)c([N+](=O)[O-])c1)NC(=O)OC(C)(C)C)c1cc(OC)cc(OC)c1)c1ccc(OC)c(O)c1. The fourth-order valence-corrected chi connectivity index (χ4v) is 4.77. The molecule has 3 aromatic carbocycles. The Morgan fingerprint density at radius 2 is 1.45 bits per heavy atom. The van der Waals surface area contributed by atoms with Crippen LogP contribution < -0.4 is 30.2 Å². The van der Waals surface area contributed by atoms with E-state index < -0.39 is 70.5 Å². The van der Waals surface area contributed by atoms with Crippen molar-refractivity contribution in [3.8, 4) is 23.0 Å². The molecule has 0 aliphatic carbocycles. The summed E-state index contributed by atoms with van der Waals surface area (Å²) in [4.78, 5) is 64.4. The molecule has 17 heteroatoms. The van der Waals surface area contributed by atoms with Gasteiger partial charge in [0.2, 0.25) is 17.6 Å². The molecular formula is C34H39FN4O12. The zero-order chi connectivity index (χ0) is 38.0. The number of amides is 3. The van der Waals surface area contributed by atoms with Crippen LogP contribution in [0.1, 0.15) is 49.5 Å². The average Bonchev–Trinajstić information content (AvgIpc) is 3.08. The van der Waals surface area contributed by atoms with Gasteiger partial charge < -0.3 is 44.7 Å². The second-order valence-electron chi connectivity index (χ2n) is 11.9. The Kier molecular flexibility index (Phi) is 13.1. The highest BCUT2D eigenvalue weighted by Crippen LogP contribution is 2.31. The molecular weight excluding hydrogens is 675 g/mol. The average molecular weight is 715 g/mol. The summed E-state index contributed by atoms with van der Waals surface area (Å²) in [5, 5.41) is 29.2. The Bertz CT molecular complexity index is 1760. The fraction of sp³-hybridized carbons (Fsp3) is 0.353. The summed E-state index contributed by atoms with van der Waals surface area (Å²) in [6, 6.07) is 6.59. The zero-order valence-electron chi connectivity index (χ0n) is 28.9. The molecule has 0 spiro atoms. The van der Waals surface area contributed by atoms with Crippen LogP contribution in [-0.2, 0) is 30.3 Å². The number of phenols is 1. The largest absolute Gasteiger partial charge is 0.504 e. The third kappa shape index (κ3) is 10.7. The lowest BCUT2D eigenvalue weighted by molar-refractivity contribution is -0.387. The van der Waals surface area contributed by atoms with Crippen molar-refractivity contribution in [2.24, 2.45) is 0 Å². The Morgan fingerprint density at radius 1 is 0.824 bits per heavy atom. The number of benzene rings is 3. The van der Waals surface area contributed by atoms with E-state index in [0.29, 0.717) is 0 Å². The summed E-state index contributed by atoms with van der Waals surface area (Å²) in [7, 11) is 5.13. The molecule has 0 saturated carbocycles. The monoisotopic (exact) mass is 714 g/mol. The number of methoxy groups -OCH3 is 4. The van der Waals surface area contributed by atoms with E-state index >= 15 is 0 Å². The molecule has 0 aromatic heterocycles. The van der Waals surface area contributed by atoms with Crippen LogP contribution in [0.5, 0.6) is 23.0 Å². The lowest BCUT2D eigenvalue weighted by atomic mass is 10.0. The van der Waals surface area contributed by atoms with Gasteiger partial charge in [0.05, 0.1) is 33.4 Å². The molecule has 51 heavy (non-hydrogen) atoms. The minimum Gasteiger partial charge on any atom is -0.504 e. The normalized spacial score (nSPS) is 12.7. The van der Waals surface area contributed by atoms with Crippen LogP contribution in [0.2, 0.25) is 0 Å². The Balaban J connectivity index is 2.10. The fourth-order valence-electron chi connectivity index (χ4n) is 4.77. The number of carbonyl (C=O) groups is 4. The third-order valence-electron chi connectivity index (χ3n) is 7.17. The second-order valence-corrected chi connectivity index (χ2v) is 11.9. The van der Waals surface area contributed by atoms with Gasteiger partial charge in [-0.05, 0) is 67.8 Å². The van der Waals surface area contributed by atoms with Crippen molar-refractivity contribution >= 4 is 29.6 Å². The first-order valence-electron chi connectivity index (χ1n) is 15.2. The summed E-state index contributed by atoms with van der Waals surface area (Å²) >= 11 is 0. The van der Waals surface area contributed by atoms with Crippen molar-refractivity contribution in [1.82, 2.24) is 16.0 Å². The molecule has 0 unspecified atom stereocenters. The van der Waals surface area contributed by atoms with Crippen LogP contribution in [0.3, 0.4) is 0 Å². The van der Waals surface area contributed by atoms with Gasteiger partial charge in [-0.25, -0.2) is 9.59 Å². The molecule has 0 saturated heterocycles. The van der Waals surface area contributed by atoms with Gasteiger partial charge in [-0.1, -0.05) is 12.1 Å². The first-order valence-corrected chi connectivity index (χ1v) is 15.2. The zero-order valence-corrected chi connectivity index (χ0v) is 28.9. The van der Waals surface area contributed by atoms with Crippen LogP contribution in [0.4, 0.5) is 14.9 Å². The van der Waals surface area contributed by atoms with Gasteiger partial charge in [0.15, 0.2) is 17.5 Å². The van der Waals surface area contributed by atoms with Crippen molar-refractivity contribution < 1.29 is 57.3 Å². The summed E-state index contributed by atoms with van der Waals surface area (Å²) in [6.07, 6.45) is -1.44. The molecule has 3 rings (SSSR count). The number of nitro benzene ring substituents is 1. The maximum absolute atomic E-state index is 14.1. The standard InChI is InChI=1S/C34H39FN4O12/c1-34(2,3)51-33(44)36-24(12-18-8-10-23(35)25(13-18)39(45)46)30(41)37-28(20-14-21(47-4)17-22(15-20)48-5)31(42)38-29(32(43)50-7)19-9-11-27(49-6)26(40)16-19/h8-11,13-17,24,28-29,40H,12H2,1-7H3,(H,36,44)(H,37,41)(H,38,42)/t24-,28+,29-/m1/s1. The van der Waals surface area contributed by atoms with Gasteiger partial charge >= 0.3 is 17.7 Å². The number of esters is 1. The lowest BCUT2D eigenvalue weighted by Gasteiger charge is -2.27. The van der Waals surface area contributed by atoms with Gasteiger partial charge in [-0.3, -0.25) is 19.7 Å². The number of aromatic hydroxyl groups is 1. The Labute approximate surface area is 292 Å². The highest BCUT2D eigenvalue weighted by Gasteiger charge is 2.34. The molecule has 3 amide bonds. The van der Waals surface area contributed by atoms with E-state index in [1.807, 2.05) is 0 Å². The summed E-state index contributed by atoms with van der Waals surface area (Å²) in [6.45, 7) is 4.76. The van der Waals surface area contributed by atoms with E-state index in [1.54, 1.807) is 20.8 Å². The molecule has 0 aliphatic rings. The smallest absolute Gasteiger partial charge is 0.408 e. The first-order chi connectivity index (χ1) is 24.0. The van der Waals surface area contributed by atoms with E-state index in [-0.39, 0.29) is 39.7 Å². The molecule has 0 heterocycles. The number of halogens is 1. The number of alkyl carbamates (subject to hydrolysis) is 1. The van der Waals surface area contributed by atoms with E-state index in [9.17, 15) is 38.8 Å². The number of nitrogens with zero attached hydrogens (tertiary/aromatic N) is 1. The van der Waals surface area contributed by atoms with Gasteiger partial charge in [-0.2, -0.15) is 4.39 Å². The number of hydrogen-bond donors (Lipinski definition) is 4. The molecule has 4 N–H and O–H groups in total. The predicted molar refractivity (Wildman–Crippen MR) is 178 cm³/mol. The molecule has 0 aliphatic heterocycles. The molecule has 274 valence electrons. The van der Waals surface area contributed by atoms with Crippen LogP contribution >= 0.6 is 0 Å². The van der Waals surface area contributed by atoms with Crippen molar-refractivity contribution in [3.05, 3.63) is 87.2 Å². The minimum absolute atomic E-state index is 0.0911.